The van der Waals surface area contributed by atoms with Crippen LogP contribution in [0.3, 0.4) is 0 Å². The summed E-state index contributed by atoms with van der Waals surface area (Å²) in [6.45, 7) is 19.5. The second-order valence-electron chi connectivity index (χ2n) is 24.3. The Kier molecular flexibility index (Phi) is 7.88. The number of nitrogens with zero attached hydrogens (tertiary/aromatic N) is 1. The Bertz CT molecular complexity index is 2790. The van der Waals surface area contributed by atoms with E-state index in [1.54, 1.807) is 0 Å². The van der Waals surface area contributed by atoms with E-state index < -0.39 is 0 Å². The molecule has 1 heterocycles. The molecule has 0 amide bonds. The molecule has 7 aliphatic rings. The molecule has 0 radical (unpaired) electrons. The largest absolute Gasteiger partial charge is 0.457 e. The molecule has 6 aromatic carbocycles. The second-order valence-corrected chi connectivity index (χ2v) is 24.3. The number of para-hydroxylation sites is 1. The summed E-state index contributed by atoms with van der Waals surface area (Å²) in [5.74, 6) is 5.44. The number of ether oxygens (including phenoxy) is 1. The Morgan fingerprint density at radius 2 is 0.953 bits per heavy atom. The molecule has 0 N–H and O–H groups in total. The molecule has 4 saturated carbocycles. The van der Waals surface area contributed by atoms with Crippen molar-refractivity contribution in [2.75, 3.05) is 4.90 Å². The van der Waals surface area contributed by atoms with Gasteiger partial charge in [-0.15, -0.1) is 0 Å². The molecule has 6 aromatic rings. The number of benzene rings is 6. The van der Waals surface area contributed by atoms with Gasteiger partial charge in [-0.05, 0) is 183 Å². The molecule has 0 saturated heterocycles. The van der Waals surface area contributed by atoms with E-state index in [-0.39, 0.29) is 27.1 Å². The second kappa shape index (κ2) is 12.8. The van der Waals surface area contributed by atoms with Crippen LogP contribution in [0.15, 0.2) is 127 Å². The monoisotopic (exact) mass is 840 g/mol. The third-order valence-electron chi connectivity index (χ3n) is 19.3. The van der Waals surface area contributed by atoms with Crippen LogP contribution in [0.2, 0.25) is 0 Å². The van der Waals surface area contributed by atoms with Crippen LogP contribution in [0.5, 0.6) is 11.5 Å². The first-order chi connectivity index (χ1) is 30.6. The van der Waals surface area contributed by atoms with Gasteiger partial charge in [0.25, 0.3) is 0 Å². The van der Waals surface area contributed by atoms with Crippen molar-refractivity contribution in [2.45, 2.75) is 134 Å². The number of fused-ring (bicyclic) bond motifs is 9. The normalized spacial score (nSPS) is 29.5. The maximum Gasteiger partial charge on any atom is 0.133 e. The fraction of sp³-hybridized carbons (Fsp3) is 0.419. The van der Waals surface area contributed by atoms with Crippen molar-refractivity contribution >= 4 is 17.1 Å². The van der Waals surface area contributed by atoms with E-state index in [0.29, 0.717) is 5.41 Å². The van der Waals surface area contributed by atoms with Gasteiger partial charge in [0.1, 0.15) is 11.5 Å². The fourth-order valence-electron chi connectivity index (χ4n) is 16.2. The minimum absolute atomic E-state index is 0.0663. The number of hydrogen-bond acceptors (Lipinski definition) is 2. The van der Waals surface area contributed by atoms with E-state index in [0.717, 1.165) is 52.2 Å². The van der Waals surface area contributed by atoms with Gasteiger partial charge < -0.3 is 9.64 Å². The molecule has 6 aliphatic carbocycles. The van der Waals surface area contributed by atoms with Crippen molar-refractivity contribution in [2.24, 2.45) is 29.1 Å². The molecule has 13 rings (SSSR count). The van der Waals surface area contributed by atoms with Crippen molar-refractivity contribution in [3.8, 4) is 33.8 Å². The van der Waals surface area contributed by atoms with E-state index in [4.69, 9.17) is 4.74 Å². The third-order valence-corrected chi connectivity index (χ3v) is 19.3. The minimum atomic E-state index is 0.0663. The Labute approximate surface area is 382 Å². The van der Waals surface area contributed by atoms with E-state index in [9.17, 15) is 0 Å². The molecule has 1 aliphatic heterocycles. The number of hydrogen-bond donors (Lipinski definition) is 0. The van der Waals surface area contributed by atoms with Crippen molar-refractivity contribution in [1.82, 2.24) is 0 Å². The molecular weight excluding hydrogens is 775 g/mol. The van der Waals surface area contributed by atoms with Crippen molar-refractivity contribution in [3.63, 3.8) is 0 Å². The van der Waals surface area contributed by atoms with Gasteiger partial charge in [0.15, 0.2) is 0 Å². The van der Waals surface area contributed by atoms with Gasteiger partial charge in [-0.1, -0.05) is 140 Å². The first-order valence-electron chi connectivity index (χ1n) is 24.8. The molecule has 6 atom stereocenters. The van der Waals surface area contributed by atoms with Crippen LogP contribution in [-0.4, -0.2) is 0 Å². The van der Waals surface area contributed by atoms with Gasteiger partial charge in [0, 0.05) is 39.7 Å². The Morgan fingerprint density at radius 3 is 1.53 bits per heavy atom. The lowest BCUT2D eigenvalue weighted by molar-refractivity contribution is -0.235. The van der Waals surface area contributed by atoms with Gasteiger partial charge in [0.05, 0.1) is 0 Å². The summed E-state index contributed by atoms with van der Waals surface area (Å²) >= 11 is 0. The molecule has 2 bridgehead atoms. The molecule has 64 heavy (non-hydrogen) atoms. The molecule has 324 valence electrons. The molecular formula is C62H65NO. The van der Waals surface area contributed by atoms with Crippen molar-refractivity contribution < 1.29 is 4.74 Å². The lowest BCUT2D eigenvalue weighted by atomic mass is 9.26. The molecule has 2 nitrogen and oxygen atoms in total. The van der Waals surface area contributed by atoms with Crippen LogP contribution in [-0.2, 0) is 27.1 Å². The summed E-state index contributed by atoms with van der Waals surface area (Å²) in [7, 11) is 0. The van der Waals surface area contributed by atoms with E-state index in [1.165, 1.54) is 107 Å². The average Bonchev–Trinajstić information content (AvgIpc) is 3.82. The number of rotatable bonds is 5. The van der Waals surface area contributed by atoms with Gasteiger partial charge in [-0.2, -0.15) is 0 Å². The lowest BCUT2D eigenvalue weighted by Gasteiger charge is -2.77. The Morgan fingerprint density at radius 1 is 0.453 bits per heavy atom. The maximum absolute atomic E-state index is 7.07. The average molecular weight is 840 g/mol. The molecule has 2 spiro atoms. The van der Waals surface area contributed by atoms with Crippen LogP contribution >= 0.6 is 0 Å². The standard InChI is InChI=1S/C62H65NO/c1-57(2)29-31-59(5,6)55-45(13-11-16-49(55)57)39-19-23-42(24-20-39)63(43-25-21-40(22-26-43)46-14-12-17-50-56(46)60(7,8)32-30-58(50,3)4)44-27-28-48-52(36-44)64-51-18-10-9-15-47(51)62(48)53-34-38-33-41-35-54(62)61(41,53)37-38/h9-28,36,38,41,53-54H,29-35,37H2,1-8H3. The number of anilines is 3. The summed E-state index contributed by atoms with van der Waals surface area (Å²) in [6, 6.07) is 49.4. The summed E-state index contributed by atoms with van der Waals surface area (Å²) < 4.78 is 7.07. The predicted octanol–water partition coefficient (Wildman–Crippen LogP) is 16.6. The van der Waals surface area contributed by atoms with Gasteiger partial charge in [-0.25, -0.2) is 0 Å². The maximum atomic E-state index is 7.07. The topological polar surface area (TPSA) is 12.5 Å². The van der Waals surface area contributed by atoms with E-state index >= 15 is 0 Å². The zero-order valence-corrected chi connectivity index (χ0v) is 39.4. The zero-order valence-electron chi connectivity index (χ0n) is 39.4. The highest BCUT2D eigenvalue weighted by Crippen LogP contribution is 2.89. The smallest absolute Gasteiger partial charge is 0.133 e. The summed E-state index contributed by atoms with van der Waals surface area (Å²) in [5, 5.41) is 0. The van der Waals surface area contributed by atoms with Crippen molar-refractivity contribution in [3.05, 3.63) is 161 Å². The zero-order chi connectivity index (χ0) is 43.8. The summed E-state index contributed by atoms with van der Waals surface area (Å²) in [6.07, 6.45) is 10.5. The SMILES string of the molecule is CC1(C)CCC(C)(C)c2c(-c3ccc(N(c4ccc(-c5cccc6c5C(C)(C)CCC6(C)C)cc4)c4ccc5c(c4)Oc4ccccc4C54C5CC6CC7CC4C75C6)cc3)cccc21. The van der Waals surface area contributed by atoms with Crippen LogP contribution < -0.4 is 9.64 Å². The van der Waals surface area contributed by atoms with Crippen molar-refractivity contribution in [1.29, 1.82) is 0 Å². The molecule has 6 unspecified atom stereocenters. The summed E-state index contributed by atoms with van der Waals surface area (Å²) in [4.78, 5) is 2.48. The van der Waals surface area contributed by atoms with Crippen LogP contribution in [0.4, 0.5) is 17.1 Å². The first kappa shape index (κ1) is 39.3. The highest BCUT2D eigenvalue weighted by Gasteiger charge is 2.84. The van der Waals surface area contributed by atoms with Gasteiger partial charge >= 0.3 is 0 Å². The van der Waals surface area contributed by atoms with Crippen LogP contribution in [0.25, 0.3) is 22.3 Å². The molecule has 0 aromatic heterocycles. The highest BCUT2D eigenvalue weighted by atomic mass is 16.5. The third kappa shape index (κ3) is 5.04. The van der Waals surface area contributed by atoms with E-state index in [1.807, 2.05) is 0 Å². The highest BCUT2D eigenvalue weighted by molar-refractivity contribution is 5.83. The quantitative estimate of drug-likeness (QED) is 0.171. The lowest BCUT2D eigenvalue weighted by Crippen LogP contribution is -2.74. The fourth-order valence-corrected chi connectivity index (χ4v) is 16.2. The Hall–Kier alpha value is -5.08. The molecule has 4 fully saturated rings. The van der Waals surface area contributed by atoms with Gasteiger partial charge in [-0.3, -0.25) is 0 Å². The molecule has 2 heteroatoms. The van der Waals surface area contributed by atoms with Crippen LogP contribution in [0, 0.1) is 29.1 Å². The predicted molar refractivity (Wildman–Crippen MR) is 265 cm³/mol. The summed E-state index contributed by atoms with van der Waals surface area (Å²) in [5.41, 5.74) is 18.9. The first-order valence-corrected chi connectivity index (χ1v) is 24.8. The minimum Gasteiger partial charge on any atom is -0.457 e. The van der Waals surface area contributed by atoms with E-state index in [2.05, 4.69) is 188 Å². The Balaban J connectivity index is 0.941. The van der Waals surface area contributed by atoms with Gasteiger partial charge in [0.2, 0.25) is 0 Å². The van der Waals surface area contributed by atoms with Crippen LogP contribution in [0.1, 0.15) is 140 Å².